The molecule has 1 aromatic rings. The Morgan fingerprint density at radius 2 is 2.00 bits per heavy atom. The van der Waals surface area contributed by atoms with Gasteiger partial charge in [0.05, 0.1) is 12.7 Å². The van der Waals surface area contributed by atoms with Crippen molar-refractivity contribution in [2.24, 2.45) is 0 Å². The lowest BCUT2D eigenvalue weighted by molar-refractivity contribution is -0.274. The molecule has 1 fully saturated rings. The summed E-state index contributed by atoms with van der Waals surface area (Å²) < 4.78 is 45.7. The van der Waals surface area contributed by atoms with E-state index in [1.54, 1.807) is 12.1 Å². The number of alkyl halides is 4. The number of benzene rings is 1. The summed E-state index contributed by atoms with van der Waals surface area (Å²) in [6.45, 7) is 4.01. The van der Waals surface area contributed by atoms with Crippen LogP contribution in [0.5, 0.6) is 5.75 Å². The molecular formula is C14H17ClF3NO2. The van der Waals surface area contributed by atoms with Crippen LogP contribution >= 0.6 is 11.6 Å². The van der Waals surface area contributed by atoms with Gasteiger partial charge in [-0.3, -0.25) is 4.90 Å². The van der Waals surface area contributed by atoms with Crippen LogP contribution in [0.1, 0.15) is 12.5 Å². The number of hydrogen-bond acceptors (Lipinski definition) is 3. The minimum atomic E-state index is -4.66. The topological polar surface area (TPSA) is 21.7 Å². The Hall–Kier alpha value is -0.980. The largest absolute Gasteiger partial charge is 0.573 e. The molecule has 0 saturated carbocycles. The first kappa shape index (κ1) is 16.4. The standard InChI is InChI=1S/C14H17ClF3NO2/c1-10-9-20-13(6-15)8-19(10)7-11-2-4-12(5-3-11)21-14(16,17)18/h2-5,10,13H,6-9H2,1H3. The van der Waals surface area contributed by atoms with Gasteiger partial charge in [0.25, 0.3) is 0 Å². The molecule has 0 amide bonds. The van der Waals surface area contributed by atoms with Gasteiger partial charge in [0, 0.05) is 25.0 Å². The molecule has 2 unspecified atom stereocenters. The first-order chi connectivity index (χ1) is 9.87. The highest BCUT2D eigenvalue weighted by Crippen LogP contribution is 2.23. The molecule has 0 N–H and O–H groups in total. The van der Waals surface area contributed by atoms with Gasteiger partial charge in [0.2, 0.25) is 0 Å². The predicted octanol–water partition coefficient (Wildman–Crippen LogP) is 3.41. The van der Waals surface area contributed by atoms with Gasteiger partial charge in [0.15, 0.2) is 0 Å². The maximum absolute atomic E-state index is 12.1. The summed E-state index contributed by atoms with van der Waals surface area (Å²) in [5.41, 5.74) is 0.923. The summed E-state index contributed by atoms with van der Waals surface area (Å²) in [6, 6.07) is 6.17. The Kier molecular flexibility index (Phi) is 5.35. The Labute approximate surface area is 126 Å². The van der Waals surface area contributed by atoms with Crippen LogP contribution < -0.4 is 4.74 Å². The van der Waals surface area contributed by atoms with E-state index >= 15 is 0 Å². The van der Waals surface area contributed by atoms with E-state index in [0.717, 1.165) is 5.56 Å². The maximum atomic E-state index is 12.1. The van der Waals surface area contributed by atoms with Crippen molar-refractivity contribution in [2.75, 3.05) is 19.0 Å². The van der Waals surface area contributed by atoms with Gasteiger partial charge in [-0.05, 0) is 24.6 Å². The number of morpholine rings is 1. The summed E-state index contributed by atoms with van der Waals surface area (Å²) in [6.07, 6.45) is -4.66. The van der Waals surface area contributed by atoms with E-state index in [4.69, 9.17) is 16.3 Å². The highest BCUT2D eigenvalue weighted by atomic mass is 35.5. The Morgan fingerprint density at radius 3 is 2.57 bits per heavy atom. The average Bonchev–Trinajstić information content (AvgIpc) is 2.42. The van der Waals surface area contributed by atoms with Crippen molar-refractivity contribution in [1.29, 1.82) is 0 Å². The zero-order valence-electron chi connectivity index (χ0n) is 11.6. The van der Waals surface area contributed by atoms with Crippen molar-refractivity contribution in [1.82, 2.24) is 4.90 Å². The van der Waals surface area contributed by atoms with Crippen LogP contribution in [0.2, 0.25) is 0 Å². The van der Waals surface area contributed by atoms with E-state index < -0.39 is 6.36 Å². The molecule has 1 aliphatic rings. The van der Waals surface area contributed by atoms with Crippen molar-refractivity contribution < 1.29 is 22.6 Å². The van der Waals surface area contributed by atoms with Gasteiger partial charge in [-0.15, -0.1) is 24.8 Å². The number of ether oxygens (including phenoxy) is 2. The van der Waals surface area contributed by atoms with E-state index in [1.807, 2.05) is 6.92 Å². The molecule has 0 aromatic heterocycles. The lowest BCUT2D eigenvalue weighted by atomic mass is 10.1. The summed E-state index contributed by atoms with van der Waals surface area (Å²) >= 11 is 5.80. The molecule has 0 bridgehead atoms. The van der Waals surface area contributed by atoms with Crippen LogP contribution in [-0.2, 0) is 11.3 Å². The molecule has 0 radical (unpaired) electrons. The normalized spacial score (nSPS) is 24.0. The minimum absolute atomic E-state index is 0.00398. The zero-order chi connectivity index (χ0) is 15.5. The molecule has 118 valence electrons. The van der Waals surface area contributed by atoms with Crippen molar-refractivity contribution >= 4 is 11.6 Å². The van der Waals surface area contributed by atoms with Crippen LogP contribution in [-0.4, -0.2) is 42.4 Å². The highest BCUT2D eigenvalue weighted by Gasteiger charge is 2.31. The van der Waals surface area contributed by atoms with E-state index in [0.29, 0.717) is 25.6 Å². The fourth-order valence-electron chi connectivity index (χ4n) is 2.22. The third-order valence-corrected chi connectivity index (χ3v) is 3.69. The molecule has 1 saturated heterocycles. The van der Waals surface area contributed by atoms with Crippen LogP contribution in [0, 0.1) is 0 Å². The monoisotopic (exact) mass is 323 g/mol. The molecule has 2 atom stereocenters. The molecule has 21 heavy (non-hydrogen) atoms. The van der Waals surface area contributed by atoms with Crippen LogP contribution in [0.4, 0.5) is 13.2 Å². The fourth-order valence-corrected chi connectivity index (χ4v) is 2.41. The van der Waals surface area contributed by atoms with Crippen LogP contribution in [0.3, 0.4) is 0 Å². The smallest absolute Gasteiger partial charge is 0.406 e. The van der Waals surface area contributed by atoms with Gasteiger partial charge in [-0.1, -0.05) is 12.1 Å². The number of rotatable bonds is 4. The van der Waals surface area contributed by atoms with E-state index in [1.165, 1.54) is 12.1 Å². The van der Waals surface area contributed by atoms with Gasteiger partial charge in [-0.25, -0.2) is 0 Å². The van der Waals surface area contributed by atoms with Gasteiger partial charge < -0.3 is 9.47 Å². The number of halogens is 4. The van der Waals surface area contributed by atoms with Gasteiger partial charge >= 0.3 is 6.36 Å². The predicted molar refractivity (Wildman–Crippen MR) is 73.5 cm³/mol. The second-order valence-corrected chi connectivity index (χ2v) is 5.39. The molecule has 3 nitrogen and oxygen atoms in total. The molecule has 0 aliphatic carbocycles. The molecule has 1 heterocycles. The molecule has 7 heteroatoms. The molecule has 0 spiro atoms. The fraction of sp³-hybridized carbons (Fsp3) is 0.571. The SMILES string of the molecule is CC1COC(CCl)CN1Cc1ccc(OC(F)(F)F)cc1. The summed E-state index contributed by atoms with van der Waals surface area (Å²) in [7, 11) is 0. The average molecular weight is 324 g/mol. The zero-order valence-corrected chi connectivity index (χ0v) is 12.3. The molecule has 1 aromatic carbocycles. The highest BCUT2D eigenvalue weighted by molar-refractivity contribution is 6.18. The van der Waals surface area contributed by atoms with Crippen molar-refractivity contribution in [3.63, 3.8) is 0 Å². The third-order valence-electron chi connectivity index (χ3n) is 3.35. The Bertz CT molecular complexity index is 453. The lowest BCUT2D eigenvalue weighted by Crippen LogP contribution is -2.48. The second kappa shape index (κ2) is 6.85. The quantitative estimate of drug-likeness (QED) is 0.793. The second-order valence-electron chi connectivity index (χ2n) is 5.08. The molecule has 2 rings (SSSR count). The van der Waals surface area contributed by atoms with E-state index in [-0.39, 0.29) is 17.9 Å². The number of nitrogens with zero attached hydrogens (tertiary/aromatic N) is 1. The van der Waals surface area contributed by atoms with E-state index in [2.05, 4.69) is 9.64 Å². The summed E-state index contributed by atoms with van der Waals surface area (Å²) in [5, 5.41) is 0. The Balaban J connectivity index is 1.96. The lowest BCUT2D eigenvalue weighted by Gasteiger charge is -2.37. The summed E-state index contributed by atoms with van der Waals surface area (Å²) in [5.74, 6) is 0.224. The summed E-state index contributed by atoms with van der Waals surface area (Å²) in [4.78, 5) is 2.20. The molecular weight excluding hydrogens is 307 g/mol. The van der Waals surface area contributed by atoms with Crippen LogP contribution in [0.15, 0.2) is 24.3 Å². The molecule has 1 aliphatic heterocycles. The maximum Gasteiger partial charge on any atom is 0.573 e. The third kappa shape index (κ3) is 5.05. The first-order valence-corrected chi connectivity index (χ1v) is 7.17. The van der Waals surface area contributed by atoms with E-state index in [9.17, 15) is 13.2 Å². The van der Waals surface area contributed by atoms with Crippen LogP contribution in [0.25, 0.3) is 0 Å². The number of hydrogen-bond donors (Lipinski definition) is 0. The van der Waals surface area contributed by atoms with Crippen molar-refractivity contribution in [3.8, 4) is 5.75 Å². The van der Waals surface area contributed by atoms with Crippen molar-refractivity contribution in [3.05, 3.63) is 29.8 Å². The van der Waals surface area contributed by atoms with Gasteiger partial charge in [0.1, 0.15) is 5.75 Å². The first-order valence-electron chi connectivity index (χ1n) is 6.63. The minimum Gasteiger partial charge on any atom is -0.406 e. The van der Waals surface area contributed by atoms with Gasteiger partial charge in [-0.2, -0.15) is 0 Å². The van der Waals surface area contributed by atoms with Crippen molar-refractivity contribution in [2.45, 2.75) is 32.0 Å². The Morgan fingerprint density at radius 1 is 1.33 bits per heavy atom.